The number of carboxylic acids is 1. The second-order valence-electron chi connectivity index (χ2n) is 5.77. The Labute approximate surface area is 125 Å². The van der Waals surface area contributed by atoms with E-state index < -0.39 is 5.97 Å². The molecule has 1 N–H and O–H groups in total. The van der Waals surface area contributed by atoms with E-state index in [-0.39, 0.29) is 0 Å². The Morgan fingerprint density at radius 1 is 0.750 bits per heavy atom. The number of hydrogen-bond donors (Lipinski definition) is 1. The van der Waals surface area contributed by atoms with Crippen molar-refractivity contribution in [3.63, 3.8) is 0 Å². The number of rotatable bonds is 15. The highest BCUT2D eigenvalue weighted by atomic mass is 16.4. The predicted molar refractivity (Wildman–Crippen MR) is 87.1 cm³/mol. The maximum absolute atomic E-state index is 10.2. The summed E-state index contributed by atoms with van der Waals surface area (Å²) in [5.41, 5.74) is 0. The molecule has 0 aromatic rings. The number of hydrogen-bond acceptors (Lipinski definition) is 1. The first-order chi connectivity index (χ1) is 9.77. The molecule has 0 aromatic heterocycles. The molecule has 0 aliphatic heterocycles. The van der Waals surface area contributed by atoms with Gasteiger partial charge in [-0.3, -0.25) is 0 Å². The van der Waals surface area contributed by atoms with Crippen molar-refractivity contribution >= 4 is 5.97 Å². The van der Waals surface area contributed by atoms with Crippen LogP contribution in [0.3, 0.4) is 0 Å². The first-order valence-corrected chi connectivity index (χ1v) is 8.67. The van der Waals surface area contributed by atoms with Crippen LogP contribution in [0.2, 0.25) is 0 Å². The summed E-state index contributed by atoms with van der Waals surface area (Å²) in [6.45, 7) is 2.27. The van der Waals surface area contributed by atoms with Gasteiger partial charge in [-0.1, -0.05) is 90.0 Å². The lowest BCUT2D eigenvalue weighted by Gasteiger charge is -2.02. The van der Waals surface area contributed by atoms with E-state index in [0.29, 0.717) is 0 Å². The van der Waals surface area contributed by atoms with Crippen LogP contribution in [0.4, 0.5) is 0 Å². The Hall–Kier alpha value is -0.790. The maximum atomic E-state index is 10.2. The van der Waals surface area contributed by atoms with Gasteiger partial charge in [0.1, 0.15) is 0 Å². The van der Waals surface area contributed by atoms with Crippen LogP contribution in [-0.2, 0) is 4.79 Å². The van der Waals surface area contributed by atoms with Crippen molar-refractivity contribution < 1.29 is 9.90 Å². The van der Waals surface area contributed by atoms with Crippen molar-refractivity contribution in [3.05, 3.63) is 12.2 Å². The Morgan fingerprint density at radius 2 is 1.15 bits per heavy atom. The maximum Gasteiger partial charge on any atom is 0.327 e. The summed E-state index contributed by atoms with van der Waals surface area (Å²) in [5.74, 6) is -0.834. The first-order valence-electron chi connectivity index (χ1n) is 8.67. The summed E-state index contributed by atoms with van der Waals surface area (Å²) in [4.78, 5) is 10.2. The van der Waals surface area contributed by atoms with E-state index in [9.17, 15) is 4.79 Å². The van der Waals surface area contributed by atoms with E-state index in [0.717, 1.165) is 12.8 Å². The highest BCUT2D eigenvalue weighted by Crippen LogP contribution is 2.12. The van der Waals surface area contributed by atoms with Gasteiger partial charge in [-0.2, -0.15) is 0 Å². The van der Waals surface area contributed by atoms with Gasteiger partial charge in [0, 0.05) is 6.08 Å². The SMILES string of the molecule is CCCCCCCCCCCCCCC/C=C\C(=O)O. The van der Waals surface area contributed by atoms with E-state index in [4.69, 9.17) is 5.11 Å². The molecule has 0 aliphatic rings. The summed E-state index contributed by atoms with van der Waals surface area (Å²) in [6, 6.07) is 0. The zero-order valence-corrected chi connectivity index (χ0v) is 13.4. The lowest BCUT2D eigenvalue weighted by molar-refractivity contribution is -0.131. The fraction of sp³-hybridized carbons (Fsp3) is 0.833. The summed E-state index contributed by atoms with van der Waals surface area (Å²) in [5, 5.41) is 8.43. The molecule has 0 bridgehead atoms. The number of unbranched alkanes of at least 4 members (excludes halogenated alkanes) is 13. The normalized spacial score (nSPS) is 11.2. The van der Waals surface area contributed by atoms with Crippen LogP contribution >= 0.6 is 0 Å². The Morgan fingerprint density at radius 3 is 1.55 bits per heavy atom. The molecular weight excluding hydrogens is 248 g/mol. The average molecular weight is 282 g/mol. The smallest absolute Gasteiger partial charge is 0.327 e. The minimum atomic E-state index is -0.834. The number of aliphatic carboxylic acids is 1. The van der Waals surface area contributed by atoms with Crippen LogP contribution < -0.4 is 0 Å². The minimum Gasteiger partial charge on any atom is -0.478 e. The topological polar surface area (TPSA) is 37.3 Å². The highest BCUT2D eigenvalue weighted by Gasteiger charge is 1.93. The molecule has 0 atom stereocenters. The second kappa shape index (κ2) is 16.3. The van der Waals surface area contributed by atoms with Crippen LogP contribution in [-0.4, -0.2) is 11.1 Å². The number of carbonyl (C=O) groups is 1. The molecular formula is C18H34O2. The summed E-state index contributed by atoms with van der Waals surface area (Å²) in [7, 11) is 0. The fourth-order valence-corrected chi connectivity index (χ4v) is 2.46. The average Bonchev–Trinajstić information content (AvgIpc) is 2.43. The molecule has 20 heavy (non-hydrogen) atoms. The van der Waals surface area contributed by atoms with Crippen molar-refractivity contribution in [3.8, 4) is 0 Å². The van der Waals surface area contributed by atoms with Crippen LogP contribution in [0.25, 0.3) is 0 Å². The minimum absolute atomic E-state index is 0.834. The lowest BCUT2D eigenvalue weighted by Crippen LogP contribution is -1.86. The Kier molecular flexibility index (Phi) is 15.6. The summed E-state index contributed by atoms with van der Waals surface area (Å²) >= 11 is 0. The van der Waals surface area contributed by atoms with Crippen LogP contribution in [0.15, 0.2) is 12.2 Å². The standard InChI is InChI=1S/C18H34O2/c1-2-3-4-5-6-7-8-9-10-11-12-13-14-15-16-17-18(19)20/h16-17H,2-15H2,1H3,(H,19,20)/b17-16-. The fourth-order valence-electron chi connectivity index (χ4n) is 2.46. The molecule has 2 nitrogen and oxygen atoms in total. The molecule has 0 heterocycles. The first kappa shape index (κ1) is 19.2. The molecule has 118 valence electrons. The van der Waals surface area contributed by atoms with Crippen LogP contribution in [0.5, 0.6) is 0 Å². The van der Waals surface area contributed by atoms with E-state index >= 15 is 0 Å². The van der Waals surface area contributed by atoms with Crippen molar-refractivity contribution in [2.24, 2.45) is 0 Å². The van der Waals surface area contributed by atoms with Crippen molar-refractivity contribution in [2.45, 2.75) is 96.8 Å². The van der Waals surface area contributed by atoms with Gasteiger partial charge < -0.3 is 5.11 Å². The zero-order chi connectivity index (χ0) is 14.9. The van der Waals surface area contributed by atoms with E-state index in [1.165, 1.54) is 83.1 Å². The number of allylic oxidation sites excluding steroid dienone is 1. The van der Waals surface area contributed by atoms with Crippen LogP contribution in [0.1, 0.15) is 96.8 Å². The quantitative estimate of drug-likeness (QED) is 0.291. The van der Waals surface area contributed by atoms with Crippen molar-refractivity contribution in [2.75, 3.05) is 0 Å². The molecule has 0 radical (unpaired) electrons. The van der Waals surface area contributed by atoms with Crippen LogP contribution in [0, 0.1) is 0 Å². The Bertz CT molecular complexity index is 234. The van der Waals surface area contributed by atoms with Gasteiger partial charge in [-0.05, 0) is 12.8 Å². The van der Waals surface area contributed by atoms with E-state index in [1.807, 2.05) is 0 Å². The van der Waals surface area contributed by atoms with Gasteiger partial charge in [-0.25, -0.2) is 4.79 Å². The largest absolute Gasteiger partial charge is 0.478 e. The van der Waals surface area contributed by atoms with Gasteiger partial charge in [-0.15, -0.1) is 0 Å². The summed E-state index contributed by atoms with van der Waals surface area (Å²) < 4.78 is 0. The molecule has 0 rings (SSSR count). The van der Waals surface area contributed by atoms with E-state index in [1.54, 1.807) is 6.08 Å². The zero-order valence-electron chi connectivity index (χ0n) is 13.4. The lowest BCUT2D eigenvalue weighted by atomic mass is 10.0. The van der Waals surface area contributed by atoms with E-state index in [2.05, 4.69) is 6.92 Å². The second-order valence-corrected chi connectivity index (χ2v) is 5.77. The van der Waals surface area contributed by atoms with Gasteiger partial charge in [0.05, 0.1) is 0 Å². The molecule has 0 saturated carbocycles. The third-order valence-electron chi connectivity index (χ3n) is 3.73. The molecule has 0 amide bonds. The van der Waals surface area contributed by atoms with Gasteiger partial charge in [0.2, 0.25) is 0 Å². The molecule has 0 aromatic carbocycles. The highest BCUT2D eigenvalue weighted by molar-refractivity contribution is 5.79. The number of carboxylic acid groups (broad SMARTS) is 1. The van der Waals surface area contributed by atoms with Gasteiger partial charge in [0.15, 0.2) is 0 Å². The Balaban J connectivity index is 3.01. The molecule has 2 heteroatoms. The molecule has 0 unspecified atom stereocenters. The van der Waals surface area contributed by atoms with Crippen molar-refractivity contribution in [1.82, 2.24) is 0 Å². The summed E-state index contributed by atoms with van der Waals surface area (Å²) in [6.07, 6.45) is 21.6. The molecule has 0 saturated heterocycles. The molecule has 0 fully saturated rings. The predicted octanol–water partition coefficient (Wildman–Crippen LogP) is 6.11. The molecule has 0 spiro atoms. The van der Waals surface area contributed by atoms with Gasteiger partial charge in [0.25, 0.3) is 0 Å². The van der Waals surface area contributed by atoms with Gasteiger partial charge >= 0.3 is 5.97 Å². The molecule has 0 aliphatic carbocycles. The third kappa shape index (κ3) is 17.2. The van der Waals surface area contributed by atoms with Crippen molar-refractivity contribution in [1.29, 1.82) is 0 Å². The monoisotopic (exact) mass is 282 g/mol. The third-order valence-corrected chi connectivity index (χ3v) is 3.73.